The van der Waals surface area contributed by atoms with Gasteiger partial charge in [0.25, 0.3) is 0 Å². The molecule has 2 amide bonds. The number of anilines is 1. The second-order valence-electron chi connectivity index (χ2n) is 5.51. The molecule has 0 spiro atoms. The van der Waals surface area contributed by atoms with Crippen molar-refractivity contribution in [3.05, 3.63) is 42.7 Å². The molecule has 122 valence electrons. The topological polar surface area (TPSA) is 59.4 Å². The summed E-state index contributed by atoms with van der Waals surface area (Å²) in [5.74, 6) is -0.340. The Balaban J connectivity index is 1.56. The van der Waals surface area contributed by atoms with Crippen LogP contribution in [0.25, 0.3) is 0 Å². The SMILES string of the molecule is COc1ccc(NC(=O)N2CCC(n3ccnc3)CC2)cc1F. The molecule has 1 aliphatic rings. The van der Waals surface area contributed by atoms with Crippen molar-refractivity contribution in [1.82, 2.24) is 14.5 Å². The normalized spacial score (nSPS) is 15.5. The van der Waals surface area contributed by atoms with Crippen molar-refractivity contribution in [3.63, 3.8) is 0 Å². The van der Waals surface area contributed by atoms with Crippen LogP contribution >= 0.6 is 0 Å². The number of piperidine rings is 1. The minimum Gasteiger partial charge on any atom is -0.494 e. The number of methoxy groups -OCH3 is 1. The number of aromatic nitrogens is 2. The van der Waals surface area contributed by atoms with Gasteiger partial charge < -0.3 is 19.5 Å². The lowest BCUT2D eigenvalue weighted by Gasteiger charge is -2.32. The third-order valence-electron chi connectivity index (χ3n) is 4.10. The van der Waals surface area contributed by atoms with Crippen molar-refractivity contribution in [2.45, 2.75) is 18.9 Å². The van der Waals surface area contributed by atoms with Crippen LogP contribution in [0.15, 0.2) is 36.9 Å². The minimum atomic E-state index is -0.496. The van der Waals surface area contributed by atoms with E-state index < -0.39 is 5.82 Å². The number of imidazole rings is 1. The maximum atomic E-state index is 13.7. The highest BCUT2D eigenvalue weighted by Crippen LogP contribution is 2.24. The molecule has 2 aromatic rings. The second kappa shape index (κ2) is 6.68. The number of likely N-dealkylation sites (tertiary alicyclic amines) is 1. The van der Waals surface area contributed by atoms with Crippen LogP contribution in [0.2, 0.25) is 0 Å². The number of rotatable bonds is 3. The first-order valence-corrected chi connectivity index (χ1v) is 7.54. The number of amides is 2. The monoisotopic (exact) mass is 318 g/mol. The van der Waals surface area contributed by atoms with Gasteiger partial charge in [-0.15, -0.1) is 0 Å². The number of benzene rings is 1. The average molecular weight is 318 g/mol. The average Bonchev–Trinajstić information content (AvgIpc) is 3.09. The summed E-state index contributed by atoms with van der Waals surface area (Å²) in [6.45, 7) is 1.32. The molecule has 7 heteroatoms. The van der Waals surface area contributed by atoms with E-state index in [4.69, 9.17) is 4.74 Å². The molecule has 3 rings (SSSR count). The Labute approximate surface area is 133 Å². The Morgan fingerprint density at radius 3 is 2.78 bits per heavy atom. The van der Waals surface area contributed by atoms with Crippen LogP contribution in [-0.2, 0) is 0 Å². The first kappa shape index (κ1) is 15.3. The zero-order valence-electron chi connectivity index (χ0n) is 12.9. The van der Waals surface area contributed by atoms with E-state index in [9.17, 15) is 9.18 Å². The number of ether oxygens (including phenoxy) is 1. The zero-order valence-corrected chi connectivity index (χ0v) is 12.9. The van der Waals surface area contributed by atoms with Crippen molar-refractivity contribution in [3.8, 4) is 5.75 Å². The lowest BCUT2D eigenvalue weighted by atomic mass is 10.1. The van der Waals surface area contributed by atoms with Crippen molar-refractivity contribution in [1.29, 1.82) is 0 Å². The van der Waals surface area contributed by atoms with Gasteiger partial charge in [-0.2, -0.15) is 0 Å². The van der Waals surface area contributed by atoms with E-state index in [1.165, 1.54) is 19.2 Å². The Hall–Kier alpha value is -2.57. The van der Waals surface area contributed by atoms with Gasteiger partial charge in [0.1, 0.15) is 0 Å². The lowest BCUT2D eigenvalue weighted by molar-refractivity contribution is 0.183. The molecule has 1 fully saturated rings. The predicted molar refractivity (Wildman–Crippen MR) is 84.0 cm³/mol. The molecule has 1 aromatic heterocycles. The smallest absolute Gasteiger partial charge is 0.321 e. The van der Waals surface area contributed by atoms with Crippen molar-refractivity contribution in [2.75, 3.05) is 25.5 Å². The Bertz CT molecular complexity index is 667. The van der Waals surface area contributed by atoms with Gasteiger partial charge in [-0.3, -0.25) is 0 Å². The summed E-state index contributed by atoms with van der Waals surface area (Å²) >= 11 is 0. The molecule has 0 saturated carbocycles. The van der Waals surface area contributed by atoms with Gasteiger partial charge in [-0.05, 0) is 25.0 Å². The number of halogens is 1. The van der Waals surface area contributed by atoms with Crippen molar-refractivity contribution >= 4 is 11.7 Å². The number of carbonyl (C=O) groups excluding carboxylic acids is 1. The van der Waals surface area contributed by atoms with Crippen LogP contribution in [0, 0.1) is 5.82 Å². The third-order valence-corrected chi connectivity index (χ3v) is 4.10. The predicted octanol–water partition coefficient (Wildman–Crippen LogP) is 2.90. The molecule has 0 atom stereocenters. The maximum Gasteiger partial charge on any atom is 0.321 e. The van der Waals surface area contributed by atoms with E-state index in [-0.39, 0.29) is 11.8 Å². The summed E-state index contributed by atoms with van der Waals surface area (Å²) in [7, 11) is 1.40. The first-order valence-electron chi connectivity index (χ1n) is 7.54. The molecule has 0 bridgehead atoms. The van der Waals surface area contributed by atoms with Crippen LogP contribution in [0.3, 0.4) is 0 Å². The number of hydrogen-bond donors (Lipinski definition) is 1. The quantitative estimate of drug-likeness (QED) is 0.946. The van der Waals surface area contributed by atoms with Gasteiger partial charge in [-0.1, -0.05) is 0 Å². The van der Waals surface area contributed by atoms with E-state index in [0.29, 0.717) is 24.8 Å². The Morgan fingerprint density at radius 1 is 1.39 bits per heavy atom. The summed E-state index contributed by atoms with van der Waals surface area (Å²) in [6.07, 6.45) is 7.26. The lowest BCUT2D eigenvalue weighted by Crippen LogP contribution is -2.41. The standard InChI is InChI=1S/C16H19FN4O2/c1-23-15-3-2-12(10-14(15)17)19-16(22)20-7-4-13(5-8-20)21-9-6-18-11-21/h2-3,6,9-11,13H,4-5,7-8H2,1H3,(H,19,22). The van der Waals surface area contributed by atoms with Gasteiger partial charge in [0.05, 0.1) is 13.4 Å². The summed E-state index contributed by atoms with van der Waals surface area (Å²) < 4.78 is 20.6. The Morgan fingerprint density at radius 2 is 2.17 bits per heavy atom. The van der Waals surface area contributed by atoms with Gasteiger partial charge in [0, 0.05) is 43.3 Å². The highest BCUT2D eigenvalue weighted by molar-refractivity contribution is 5.89. The van der Waals surface area contributed by atoms with E-state index in [0.717, 1.165) is 12.8 Å². The molecule has 1 saturated heterocycles. The van der Waals surface area contributed by atoms with E-state index in [1.807, 2.05) is 6.20 Å². The number of urea groups is 1. The minimum absolute atomic E-state index is 0.157. The third kappa shape index (κ3) is 3.44. The van der Waals surface area contributed by atoms with Crippen LogP contribution in [0.1, 0.15) is 18.9 Å². The summed E-state index contributed by atoms with van der Waals surface area (Å²) in [4.78, 5) is 18.1. The van der Waals surface area contributed by atoms with Gasteiger partial charge in [-0.25, -0.2) is 14.2 Å². The number of carbonyl (C=O) groups is 1. The fourth-order valence-electron chi connectivity index (χ4n) is 2.80. The van der Waals surface area contributed by atoms with Crippen molar-refractivity contribution in [2.24, 2.45) is 0 Å². The molecule has 0 radical (unpaired) electrons. The van der Waals surface area contributed by atoms with Gasteiger partial charge in [0.2, 0.25) is 0 Å². The summed E-state index contributed by atoms with van der Waals surface area (Å²) in [5, 5.41) is 2.73. The number of nitrogens with zero attached hydrogens (tertiary/aromatic N) is 3. The Kier molecular flexibility index (Phi) is 4.45. The highest BCUT2D eigenvalue weighted by Gasteiger charge is 2.23. The number of nitrogens with one attached hydrogen (secondary N) is 1. The molecule has 0 aliphatic carbocycles. The zero-order chi connectivity index (χ0) is 16.2. The van der Waals surface area contributed by atoms with Gasteiger partial charge >= 0.3 is 6.03 Å². The van der Waals surface area contributed by atoms with E-state index in [2.05, 4.69) is 14.9 Å². The van der Waals surface area contributed by atoms with E-state index >= 15 is 0 Å². The fraction of sp³-hybridized carbons (Fsp3) is 0.375. The molecule has 1 aromatic carbocycles. The largest absolute Gasteiger partial charge is 0.494 e. The van der Waals surface area contributed by atoms with Crippen LogP contribution in [-0.4, -0.2) is 40.7 Å². The second-order valence-corrected chi connectivity index (χ2v) is 5.51. The molecule has 1 aliphatic heterocycles. The molecule has 1 N–H and O–H groups in total. The number of hydrogen-bond acceptors (Lipinski definition) is 3. The summed E-state index contributed by atoms with van der Waals surface area (Å²) in [5.41, 5.74) is 0.421. The highest BCUT2D eigenvalue weighted by atomic mass is 19.1. The molecule has 23 heavy (non-hydrogen) atoms. The first-order chi connectivity index (χ1) is 11.2. The van der Waals surface area contributed by atoms with Crippen LogP contribution in [0.4, 0.5) is 14.9 Å². The summed E-state index contributed by atoms with van der Waals surface area (Å²) in [6, 6.07) is 4.54. The molecule has 6 nitrogen and oxygen atoms in total. The molecular weight excluding hydrogens is 299 g/mol. The van der Waals surface area contributed by atoms with Crippen LogP contribution in [0.5, 0.6) is 5.75 Å². The van der Waals surface area contributed by atoms with Gasteiger partial charge in [0.15, 0.2) is 11.6 Å². The van der Waals surface area contributed by atoms with Crippen molar-refractivity contribution < 1.29 is 13.9 Å². The fourth-order valence-corrected chi connectivity index (χ4v) is 2.80. The molecular formula is C16H19FN4O2. The molecule has 2 heterocycles. The maximum absolute atomic E-state index is 13.7. The van der Waals surface area contributed by atoms with E-state index in [1.54, 1.807) is 23.5 Å². The molecule has 0 unspecified atom stereocenters. The van der Waals surface area contributed by atoms with Crippen LogP contribution < -0.4 is 10.1 Å².